The zero-order chi connectivity index (χ0) is 20.7. The van der Waals surface area contributed by atoms with E-state index < -0.39 is 28.8 Å². The van der Waals surface area contributed by atoms with Crippen LogP contribution in [-0.2, 0) is 4.74 Å². The van der Waals surface area contributed by atoms with Crippen molar-refractivity contribution in [1.82, 2.24) is 4.57 Å². The molecule has 3 aromatic rings. The SMILES string of the molecule is CCOC(=O)c1c(Sc2ccccc2)n(C2CC2)c2c(F)c(F)c(F)cc2c1=O. The molecule has 0 N–H and O–H groups in total. The normalized spacial score (nSPS) is 13.7. The van der Waals surface area contributed by atoms with Gasteiger partial charge in [0, 0.05) is 10.9 Å². The minimum absolute atomic E-state index is 0.0291. The third kappa shape index (κ3) is 3.42. The Morgan fingerprint density at radius 2 is 1.86 bits per heavy atom. The van der Waals surface area contributed by atoms with E-state index in [1.54, 1.807) is 31.2 Å². The molecule has 0 amide bonds. The van der Waals surface area contributed by atoms with Gasteiger partial charge in [0.2, 0.25) is 5.43 Å². The molecular weight excluding hydrogens is 403 g/mol. The Bertz CT molecular complexity index is 1170. The van der Waals surface area contributed by atoms with E-state index in [4.69, 9.17) is 4.74 Å². The molecule has 0 radical (unpaired) electrons. The van der Waals surface area contributed by atoms with E-state index in [-0.39, 0.29) is 34.1 Å². The van der Waals surface area contributed by atoms with Crippen molar-refractivity contribution in [3.8, 4) is 0 Å². The Kier molecular flexibility index (Phi) is 5.12. The summed E-state index contributed by atoms with van der Waals surface area (Å²) < 4.78 is 49.2. The molecule has 1 aromatic heterocycles. The van der Waals surface area contributed by atoms with E-state index in [1.165, 1.54) is 4.57 Å². The fourth-order valence-electron chi connectivity index (χ4n) is 3.21. The monoisotopic (exact) mass is 419 g/mol. The second-order valence-electron chi connectivity index (χ2n) is 6.63. The fraction of sp³-hybridized carbons (Fsp3) is 0.238. The number of halogens is 3. The lowest BCUT2D eigenvalue weighted by molar-refractivity contribution is 0.0519. The number of nitrogens with zero attached hydrogens (tertiary/aromatic N) is 1. The molecular formula is C21H16F3NO3S. The highest BCUT2D eigenvalue weighted by Gasteiger charge is 2.34. The van der Waals surface area contributed by atoms with Gasteiger partial charge >= 0.3 is 5.97 Å². The van der Waals surface area contributed by atoms with Gasteiger partial charge < -0.3 is 9.30 Å². The zero-order valence-corrected chi connectivity index (χ0v) is 16.2. The number of rotatable bonds is 5. The number of fused-ring (bicyclic) bond motifs is 1. The largest absolute Gasteiger partial charge is 0.462 e. The molecule has 0 saturated heterocycles. The first-order chi connectivity index (χ1) is 13.9. The van der Waals surface area contributed by atoms with Gasteiger partial charge in [-0.3, -0.25) is 4.79 Å². The lowest BCUT2D eigenvalue weighted by Crippen LogP contribution is -2.24. The van der Waals surface area contributed by atoms with Crippen molar-refractivity contribution in [2.45, 2.75) is 35.7 Å². The molecule has 0 atom stereocenters. The molecule has 0 unspecified atom stereocenters. The van der Waals surface area contributed by atoms with Gasteiger partial charge in [0.15, 0.2) is 17.5 Å². The quantitative estimate of drug-likeness (QED) is 0.427. The molecule has 4 rings (SSSR count). The zero-order valence-electron chi connectivity index (χ0n) is 15.4. The van der Waals surface area contributed by atoms with Crippen LogP contribution in [0.2, 0.25) is 0 Å². The smallest absolute Gasteiger partial charge is 0.344 e. The number of hydrogen-bond donors (Lipinski definition) is 0. The summed E-state index contributed by atoms with van der Waals surface area (Å²) in [4.78, 5) is 26.4. The van der Waals surface area contributed by atoms with Crippen LogP contribution in [-0.4, -0.2) is 17.1 Å². The van der Waals surface area contributed by atoms with E-state index in [2.05, 4.69) is 0 Å². The van der Waals surface area contributed by atoms with Crippen LogP contribution >= 0.6 is 11.8 Å². The number of aromatic nitrogens is 1. The van der Waals surface area contributed by atoms with Crippen LogP contribution in [0.5, 0.6) is 0 Å². The van der Waals surface area contributed by atoms with Crippen LogP contribution in [0.4, 0.5) is 13.2 Å². The number of esters is 1. The van der Waals surface area contributed by atoms with Gasteiger partial charge in [-0.2, -0.15) is 0 Å². The number of pyridine rings is 1. The number of hydrogen-bond acceptors (Lipinski definition) is 4. The van der Waals surface area contributed by atoms with Crippen molar-refractivity contribution < 1.29 is 22.7 Å². The fourth-order valence-corrected chi connectivity index (χ4v) is 4.35. The predicted molar refractivity (Wildman–Crippen MR) is 103 cm³/mol. The number of carbonyl (C=O) groups is 1. The van der Waals surface area contributed by atoms with Crippen molar-refractivity contribution in [1.29, 1.82) is 0 Å². The molecule has 1 saturated carbocycles. The summed E-state index contributed by atoms with van der Waals surface area (Å²) in [7, 11) is 0. The Hall–Kier alpha value is -2.74. The summed E-state index contributed by atoms with van der Waals surface area (Å²) in [5.74, 6) is -5.44. The Morgan fingerprint density at radius 3 is 2.48 bits per heavy atom. The van der Waals surface area contributed by atoms with Crippen LogP contribution in [0.1, 0.15) is 36.2 Å². The highest BCUT2D eigenvalue weighted by molar-refractivity contribution is 7.99. The summed E-state index contributed by atoms with van der Waals surface area (Å²) in [5, 5.41) is -0.215. The first kappa shape index (κ1) is 19.6. The highest BCUT2D eigenvalue weighted by Crippen LogP contribution is 2.44. The lowest BCUT2D eigenvalue weighted by atomic mass is 10.1. The van der Waals surface area contributed by atoms with Crippen molar-refractivity contribution in [2.75, 3.05) is 6.61 Å². The minimum atomic E-state index is -1.65. The maximum Gasteiger partial charge on any atom is 0.344 e. The summed E-state index contributed by atoms with van der Waals surface area (Å²) in [6, 6.07) is 9.33. The third-order valence-corrected chi connectivity index (χ3v) is 5.73. The second-order valence-corrected chi connectivity index (χ2v) is 7.69. The average Bonchev–Trinajstić information content (AvgIpc) is 3.53. The van der Waals surface area contributed by atoms with Crippen LogP contribution in [0.15, 0.2) is 51.1 Å². The molecule has 1 aliphatic carbocycles. The van der Waals surface area contributed by atoms with Gasteiger partial charge in [0.25, 0.3) is 0 Å². The van der Waals surface area contributed by atoms with E-state index in [0.717, 1.165) is 11.8 Å². The van der Waals surface area contributed by atoms with Crippen molar-refractivity contribution in [2.24, 2.45) is 0 Å². The van der Waals surface area contributed by atoms with Gasteiger partial charge in [-0.15, -0.1) is 0 Å². The van der Waals surface area contributed by atoms with Gasteiger partial charge in [0.1, 0.15) is 5.56 Å². The summed E-state index contributed by atoms with van der Waals surface area (Å²) >= 11 is 1.09. The van der Waals surface area contributed by atoms with Crippen LogP contribution < -0.4 is 5.43 Å². The first-order valence-electron chi connectivity index (χ1n) is 9.09. The van der Waals surface area contributed by atoms with Crippen molar-refractivity contribution in [3.63, 3.8) is 0 Å². The first-order valence-corrected chi connectivity index (χ1v) is 9.91. The van der Waals surface area contributed by atoms with Gasteiger partial charge in [-0.25, -0.2) is 18.0 Å². The molecule has 0 bridgehead atoms. The van der Waals surface area contributed by atoms with Gasteiger partial charge in [-0.1, -0.05) is 30.0 Å². The van der Waals surface area contributed by atoms with Gasteiger partial charge in [0.05, 0.1) is 22.5 Å². The standard InChI is InChI=1S/C21H16F3NO3S/c1-2-28-21(27)15-19(26)13-10-14(22)16(23)17(24)18(13)25(11-8-9-11)20(15)29-12-6-4-3-5-7-12/h3-7,10-11H,2,8-9H2,1H3. The Balaban J connectivity index is 2.11. The number of ether oxygens (including phenoxy) is 1. The Morgan fingerprint density at radius 1 is 1.17 bits per heavy atom. The third-order valence-electron chi connectivity index (χ3n) is 4.63. The topological polar surface area (TPSA) is 48.3 Å². The molecule has 4 nitrogen and oxygen atoms in total. The van der Waals surface area contributed by atoms with E-state index in [1.807, 2.05) is 6.07 Å². The lowest BCUT2D eigenvalue weighted by Gasteiger charge is -2.20. The maximum atomic E-state index is 14.8. The Labute approximate surface area is 168 Å². The minimum Gasteiger partial charge on any atom is -0.462 e. The average molecular weight is 419 g/mol. The number of carbonyl (C=O) groups excluding carboxylic acids is 1. The molecule has 8 heteroatoms. The molecule has 150 valence electrons. The van der Waals surface area contributed by atoms with Crippen molar-refractivity contribution in [3.05, 3.63) is 69.6 Å². The molecule has 0 aliphatic heterocycles. The highest BCUT2D eigenvalue weighted by atomic mass is 32.2. The second kappa shape index (κ2) is 7.59. The molecule has 1 aliphatic rings. The van der Waals surface area contributed by atoms with E-state index in [0.29, 0.717) is 23.8 Å². The van der Waals surface area contributed by atoms with E-state index in [9.17, 15) is 22.8 Å². The molecule has 29 heavy (non-hydrogen) atoms. The molecule has 1 heterocycles. The summed E-state index contributed by atoms with van der Waals surface area (Å²) in [6.07, 6.45) is 1.34. The molecule has 2 aromatic carbocycles. The van der Waals surface area contributed by atoms with Crippen LogP contribution in [0.25, 0.3) is 10.9 Å². The van der Waals surface area contributed by atoms with Gasteiger partial charge in [-0.05, 0) is 38.0 Å². The summed E-state index contributed by atoms with van der Waals surface area (Å²) in [6.45, 7) is 1.62. The summed E-state index contributed by atoms with van der Waals surface area (Å²) in [5.41, 5.74) is -1.51. The maximum absolute atomic E-state index is 14.8. The van der Waals surface area contributed by atoms with E-state index >= 15 is 0 Å². The van der Waals surface area contributed by atoms with Crippen LogP contribution in [0, 0.1) is 17.5 Å². The van der Waals surface area contributed by atoms with Crippen molar-refractivity contribution >= 4 is 28.6 Å². The number of benzene rings is 2. The predicted octanol–water partition coefficient (Wildman–Crippen LogP) is 5.08. The molecule has 0 spiro atoms. The van der Waals surface area contributed by atoms with Crippen LogP contribution in [0.3, 0.4) is 0 Å². The molecule has 1 fully saturated rings.